The minimum atomic E-state index is -0.365. The Hall–Kier alpha value is -2.24. The molecule has 0 saturated heterocycles. The number of hydrogen-bond donors (Lipinski definition) is 2. The van der Waals surface area contributed by atoms with E-state index in [0.29, 0.717) is 39.5 Å². The van der Waals surface area contributed by atoms with Crippen LogP contribution in [0.2, 0.25) is 10.0 Å². The second-order valence-corrected chi connectivity index (χ2v) is 6.94. The Balaban J connectivity index is 1.92. The molecule has 2 aromatic rings. The topological polar surface area (TPSA) is 67.4 Å². The monoisotopic (exact) mass is 394 g/mol. The minimum absolute atomic E-state index is 0.181. The van der Waals surface area contributed by atoms with E-state index in [1.807, 2.05) is 13.8 Å². The van der Waals surface area contributed by atoms with Crippen LogP contribution in [0.5, 0.6) is 5.75 Å². The minimum Gasteiger partial charge on any atom is -0.482 e. The Morgan fingerprint density at radius 3 is 2.58 bits per heavy atom. The molecule has 2 aromatic carbocycles. The van der Waals surface area contributed by atoms with Crippen molar-refractivity contribution in [2.24, 2.45) is 5.92 Å². The van der Waals surface area contributed by atoms with Crippen LogP contribution in [0.25, 0.3) is 0 Å². The SMILES string of the molecule is CC(C)CNC(=O)c1cccc(NC(=O)COc2ccc(Cl)cc2Cl)c1. The van der Waals surface area contributed by atoms with E-state index in [0.717, 1.165) is 0 Å². The van der Waals surface area contributed by atoms with Gasteiger partial charge in [-0.15, -0.1) is 0 Å². The highest BCUT2D eigenvalue weighted by Crippen LogP contribution is 2.27. The second-order valence-electron chi connectivity index (χ2n) is 6.10. The summed E-state index contributed by atoms with van der Waals surface area (Å²) in [5.74, 6) is 0.182. The number of ether oxygens (including phenoxy) is 1. The Bertz CT molecular complexity index is 794. The molecule has 0 aliphatic carbocycles. The lowest BCUT2D eigenvalue weighted by Gasteiger charge is -2.11. The summed E-state index contributed by atoms with van der Waals surface area (Å²) in [4.78, 5) is 24.1. The molecule has 0 fully saturated rings. The molecule has 26 heavy (non-hydrogen) atoms. The molecule has 0 heterocycles. The number of amides is 2. The number of carbonyl (C=O) groups excluding carboxylic acids is 2. The van der Waals surface area contributed by atoms with Crippen LogP contribution in [0.1, 0.15) is 24.2 Å². The van der Waals surface area contributed by atoms with E-state index in [1.165, 1.54) is 6.07 Å². The molecule has 0 atom stereocenters. The van der Waals surface area contributed by atoms with Crippen LogP contribution in [0.15, 0.2) is 42.5 Å². The van der Waals surface area contributed by atoms with Gasteiger partial charge in [0.2, 0.25) is 0 Å². The van der Waals surface area contributed by atoms with E-state index in [2.05, 4.69) is 10.6 Å². The third-order valence-corrected chi connectivity index (χ3v) is 3.86. The van der Waals surface area contributed by atoms with E-state index >= 15 is 0 Å². The summed E-state index contributed by atoms with van der Waals surface area (Å²) in [7, 11) is 0. The van der Waals surface area contributed by atoms with Crippen molar-refractivity contribution in [1.29, 1.82) is 0 Å². The van der Waals surface area contributed by atoms with Crippen LogP contribution >= 0.6 is 23.2 Å². The van der Waals surface area contributed by atoms with Gasteiger partial charge in [0.1, 0.15) is 5.75 Å². The highest BCUT2D eigenvalue weighted by Gasteiger charge is 2.10. The molecular weight excluding hydrogens is 375 g/mol. The number of halogens is 2. The second kappa shape index (κ2) is 9.46. The van der Waals surface area contributed by atoms with Crippen LogP contribution in [0.3, 0.4) is 0 Å². The molecule has 0 bridgehead atoms. The third-order valence-electron chi connectivity index (χ3n) is 3.33. The van der Waals surface area contributed by atoms with Gasteiger partial charge in [-0.25, -0.2) is 0 Å². The molecule has 2 N–H and O–H groups in total. The number of nitrogens with one attached hydrogen (secondary N) is 2. The zero-order chi connectivity index (χ0) is 19.1. The number of hydrogen-bond acceptors (Lipinski definition) is 3. The van der Waals surface area contributed by atoms with E-state index in [1.54, 1.807) is 36.4 Å². The molecule has 0 saturated carbocycles. The molecule has 7 heteroatoms. The maximum Gasteiger partial charge on any atom is 0.262 e. The number of carbonyl (C=O) groups is 2. The van der Waals surface area contributed by atoms with Gasteiger partial charge in [-0.3, -0.25) is 9.59 Å². The number of rotatable bonds is 7. The Kier molecular flexibility index (Phi) is 7.30. The molecule has 0 radical (unpaired) electrons. The molecule has 2 rings (SSSR count). The maximum absolute atomic E-state index is 12.1. The number of anilines is 1. The zero-order valence-electron chi connectivity index (χ0n) is 14.5. The fourth-order valence-corrected chi connectivity index (χ4v) is 2.53. The molecule has 0 aromatic heterocycles. The normalized spacial score (nSPS) is 10.5. The van der Waals surface area contributed by atoms with Crippen LogP contribution in [0.4, 0.5) is 5.69 Å². The Morgan fingerprint density at radius 1 is 1.12 bits per heavy atom. The summed E-state index contributed by atoms with van der Waals surface area (Å²) >= 11 is 11.8. The van der Waals surface area contributed by atoms with Crippen LogP contribution in [-0.4, -0.2) is 25.0 Å². The van der Waals surface area contributed by atoms with Crippen molar-refractivity contribution in [1.82, 2.24) is 5.32 Å². The summed E-state index contributed by atoms with van der Waals surface area (Å²) in [5.41, 5.74) is 0.989. The predicted octanol–water partition coefficient (Wildman–Crippen LogP) is 4.40. The average Bonchev–Trinajstić information content (AvgIpc) is 2.59. The van der Waals surface area contributed by atoms with Crippen molar-refractivity contribution in [3.63, 3.8) is 0 Å². The van der Waals surface area contributed by atoms with Gasteiger partial charge in [0.15, 0.2) is 6.61 Å². The van der Waals surface area contributed by atoms with Gasteiger partial charge in [-0.05, 0) is 42.3 Å². The summed E-state index contributed by atoms with van der Waals surface area (Å²) in [6, 6.07) is 11.5. The third kappa shape index (κ3) is 6.24. The van der Waals surface area contributed by atoms with Gasteiger partial charge in [-0.2, -0.15) is 0 Å². The van der Waals surface area contributed by atoms with Crippen LogP contribution in [-0.2, 0) is 4.79 Å². The lowest BCUT2D eigenvalue weighted by atomic mass is 10.1. The van der Waals surface area contributed by atoms with Gasteiger partial charge in [0.25, 0.3) is 11.8 Å². The van der Waals surface area contributed by atoms with Gasteiger partial charge >= 0.3 is 0 Å². The van der Waals surface area contributed by atoms with Gasteiger partial charge in [0.05, 0.1) is 5.02 Å². The Morgan fingerprint density at radius 2 is 1.88 bits per heavy atom. The van der Waals surface area contributed by atoms with Crippen molar-refractivity contribution < 1.29 is 14.3 Å². The summed E-state index contributed by atoms with van der Waals surface area (Å²) in [6.45, 7) is 4.41. The first-order valence-corrected chi connectivity index (χ1v) is 8.86. The first-order valence-electron chi connectivity index (χ1n) is 8.11. The molecule has 2 amide bonds. The van der Waals surface area contributed by atoms with Crippen molar-refractivity contribution >= 4 is 40.7 Å². The van der Waals surface area contributed by atoms with Crippen molar-refractivity contribution in [2.45, 2.75) is 13.8 Å². The van der Waals surface area contributed by atoms with Gasteiger partial charge in [0, 0.05) is 22.8 Å². The van der Waals surface area contributed by atoms with Crippen molar-refractivity contribution in [3.8, 4) is 5.75 Å². The first kappa shape index (κ1) is 20.1. The molecule has 5 nitrogen and oxygen atoms in total. The van der Waals surface area contributed by atoms with E-state index in [-0.39, 0.29) is 18.4 Å². The lowest BCUT2D eigenvalue weighted by Crippen LogP contribution is -2.27. The molecule has 0 unspecified atom stereocenters. The summed E-state index contributed by atoms with van der Waals surface area (Å²) < 4.78 is 5.39. The fourth-order valence-electron chi connectivity index (χ4n) is 2.07. The zero-order valence-corrected chi connectivity index (χ0v) is 16.0. The lowest BCUT2D eigenvalue weighted by molar-refractivity contribution is -0.118. The Labute approximate surface area is 162 Å². The average molecular weight is 395 g/mol. The van der Waals surface area contributed by atoms with Crippen molar-refractivity contribution in [2.75, 3.05) is 18.5 Å². The van der Waals surface area contributed by atoms with E-state index in [4.69, 9.17) is 27.9 Å². The molecule has 0 spiro atoms. The maximum atomic E-state index is 12.1. The molecule has 0 aliphatic heterocycles. The molecular formula is C19H20Cl2N2O3. The van der Waals surface area contributed by atoms with E-state index < -0.39 is 0 Å². The highest BCUT2D eigenvalue weighted by molar-refractivity contribution is 6.35. The fraction of sp³-hybridized carbons (Fsp3) is 0.263. The standard InChI is InChI=1S/C19H20Cl2N2O3/c1-12(2)10-22-19(25)13-4-3-5-15(8-13)23-18(24)11-26-17-7-6-14(20)9-16(17)21/h3-9,12H,10-11H2,1-2H3,(H,22,25)(H,23,24). The number of benzene rings is 2. The van der Waals surface area contributed by atoms with Crippen molar-refractivity contribution in [3.05, 3.63) is 58.1 Å². The predicted molar refractivity (Wildman–Crippen MR) is 104 cm³/mol. The largest absolute Gasteiger partial charge is 0.482 e. The summed E-state index contributed by atoms with van der Waals surface area (Å²) in [6.07, 6.45) is 0. The van der Waals surface area contributed by atoms with Crippen LogP contribution in [0, 0.1) is 5.92 Å². The highest BCUT2D eigenvalue weighted by atomic mass is 35.5. The smallest absolute Gasteiger partial charge is 0.262 e. The molecule has 138 valence electrons. The van der Waals surface area contributed by atoms with E-state index in [9.17, 15) is 9.59 Å². The quantitative estimate of drug-likeness (QED) is 0.731. The van der Waals surface area contributed by atoms with Crippen LogP contribution < -0.4 is 15.4 Å². The van der Waals surface area contributed by atoms with Gasteiger partial charge < -0.3 is 15.4 Å². The summed E-state index contributed by atoms with van der Waals surface area (Å²) in [5, 5.41) is 6.34. The van der Waals surface area contributed by atoms with Gasteiger partial charge in [-0.1, -0.05) is 43.1 Å². The first-order chi connectivity index (χ1) is 12.3. The molecule has 0 aliphatic rings.